The third-order valence-electron chi connectivity index (χ3n) is 3.74. The van der Waals surface area contributed by atoms with Crippen molar-refractivity contribution in [3.05, 3.63) is 29.3 Å². The molecule has 1 aromatic rings. The number of rotatable bonds is 2. The number of carbonyl (C=O) groups is 2. The molecule has 5 nitrogen and oxygen atoms in total. The van der Waals surface area contributed by atoms with E-state index in [9.17, 15) is 9.59 Å². The number of piperidine rings is 1. The summed E-state index contributed by atoms with van der Waals surface area (Å²) < 4.78 is 0. The van der Waals surface area contributed by atoms with Crippen molar-refractivity contribution in [2.75, 3.05) is 18.4 Å². The first-order chi connectivity index (χ1) is 9.47. The van der Waals surface area contributed by atoms with E-state index in [1.54, 1.807) is 0 Å². The number of urea groups is 1. The Hall–Kier alpha value is -2.04. The second-order valence-corrected chi connectivity index (χ2v) is 5.43. The predicted molar refractivity (Wildman–Crippen MR) is 78.4 cm³/mol. The lowest BCUT2D eigenvalue weighted by Crippen LogP contribution is -2.46. The third kappa shape index (κ3) is 3.29. The Bertz CT molecular complexity index is 528. The Kier molecular flexibility index (Phi) is 4.27. The molecule has 1 fully saturated rings. The van der Waals surface area contributed by atoms with Gasteiger partial charge in [-0.2, -0.15) is 0 Å². The molecule has 0 radical (unpaired) electrons. The van der Waals surface area contributed by atoms with Gasteiger partial charge in [-0.15, -0.1) is 0 Å². The largest absolute Gasteiger partial charge is 0.351 e. The molecule has 1 aliphatic heterocycles. The molecule has 0 aliphatic carbocycles. The van der Waals surface area contributed by atoms with Gasteiger partial charge in [0.15, 0.2) is 0 Å². The summed E-state index contributed by atoms with van der Waals surface area (Å²) in [6.07, 6.45) is 1.61. The minimum atomic E-state index is -0.450. The smallest absolute Gasteiger partial charge is 0.314 e. The second kappa shape index (κ2) is 5.94. The highest BCUT2D eigenvalue weighted by atomic mass is 16.2. The molecule has 1 heterocycles. The van der Waals surface area contributed by atoms with Crippen molar-refractivity contribution in [1.82, 2.24) is 4.90 Å². The number of amides is 3. The summed E-state index contributed by atoms with van der Waals surface area (Å²) in [6.45, 7) is 5.04. The summed E-state index contributed by atoms with van der Waals surface area (Å²) in [5.74, 6) is -0.222. The van der Waals surface area contributed by atoms with Gasteiger partial charge in [-0.3, -0.25) is 4.79 Å². The molecule has 0 unspecified atom stereocenters. The molecule has 0 aromatic heterocycles. The van der Waals surface area contributed by atoms with Gasteiger partial charge in [0.1, 0.15) is 0 Å². The molecule has 2 rings (SSSR count). The number of hydrogen-bond donors (Lipinski definition) is 2. The Balaban J connectivity index is 2.02. The van der Waals surface area contributed by atoms with Gasteiger partial charge in [-0.1, -0.05) is 17.7 Å². The molecule has 1 saturated heterocycles. The zero-order valence-corrected chi connectivity index (χ0v) is 12.0. The van der Waals surface area contributed by atoms with Gasteiger partial charge < -0.3 is 16.0 Å². The number of hydrogen-bond acceptors (Lipinski definition) is 2. The summed E-state index contributed by atoms with van der Waals surface area (Å²) in [5.41, 5.74) is 8.32. The Morgan fingerprint density at radius 1 is 1.35 bits per heavy atom. The van der Waals surface area contributed by atoms with Crippen LogP contribution < -0.4 is 11.1 Å². The van der Waals surface area contributed by atoms with Crippen molar-refractivity contribution in [2.24, 2.45) is 11.7 Å². The van der Waals surface area contributed by atoms with Crippen LogP contribution in [0.1, 0.15) is 24.0 Å². The van der Waals surface area contributed by atoms with E-state index in [1.165, 1.54) is 4.90 Å². The first kappa shape index (κ1) is 14.4. The maximum atomic E-state index is 12.3. The molecule has 3 amide bonds. The Morgan fingerprint density at radius 2 is 2.10 bits per heavy atom. The topological polar surface area (TPSA) is 75.4 Å². The molecule has 0 saturated carbocycles. The molecule has 1 aromatic carbocycles. The van der Waals surface area contributed by atoms with Crippen LogP contribution >= 0.6 is 0 Å². The number of benzene rings is 1. The highest BCUT2D eigenvalue weighted by Crippen LogP contribution is 2.21. The molecule has 3 N–H and O–H groups in total. The molecular weight excluding hydrogens is 254 g/mol. The van der Waals surface area contributed by atoms with Crippen LogP contribution in [0.4, 0.5) is 10.5 Å². The van der Waals surface area contributed by atoms with Crippen molar-refractivity contribution >= 4 is 17.6 Å². The summed E-state index contributed by atoms with van der Waals surface area (Å²) in [4.78, 5) is 25.0. The maximum Gasteiger partial charge on any atom is 0.314 e. The molecule has 20 heavy (non-hydrogen) atoms. The van der Waals surface area contributed by atoms with Gasteiger partial charge in [0.2, 0.25) is 5.91 Å². The fraction of sp³-hybridized carbons (Fsp3) is 0.467. The maximum absolute atomic E-state index is 12.3. The third-order valence-corrected chi connectivity index (χ3v) is 3.74. The standard InChI is InChI=1S/C15H21N3O2/c1-10-5-6-13(11(2)8-10)17-14(19)12-4-3-7-18(9-12)15(16)20/h5-6,8,12H,3-4,7,9H2,1-2H3,(H2,16,20)(H,17,19)/t12-/m0/s1. The zero-order valence-electron chi connectivity index (χ0n) is 12.0. The number of primary amides is 1. The van der Waals surface area contributed by atoms with Crippen molar-refractivity contribution in [2.45, 2.75) is 26.7 Å². The highest BCUT2D eigenvalue weighted by Gasteiger charge is 2.27. The van der Waals surface area contributed by atoms with Crippen molar-refractivity contribution in [3.8, 4) is 0 Å². The normalized spacial score (nSPS) is 18.7. The molecule has 0 spiro atoms. The fourth-order valence-electron chi connectivity index (χ4n) is 2.58. The number of nitrogens with two attached hydrogens (primary N) is 1. The Labute approximate surface area is 119 Å². The van der Waals surface area contributed by atoms with E-state index in [-0.39, 0.29) is 11.8 Å². The first-order valence-corrected chi connectivity index (χ1v) is 6.90. The predicted octanol–water partition coefficient (Wildman–Crippen LogP) is 2.03. The molecule has 108 valence electrons. The van der Waals surface area contributed by atoms with E-state index in [0.29, 0.717) is 13.1 Å². The van der Waals surface area contributed by atoms with Crippen LogP contribution in [-0.2, 0) is 4.79 Å². The van der Waals surface area contributed by atoms with E-state index in [4.69, 9.17) is 5.73 Å². The van der Waals surface area contributed by atoms with Gasteiger partial charge in [-0.05, 0) is 38.3 Å². The lowest BCUT2D eigenvalue weighted by molar-refractivity contribution is -0.121. The lowest BCUT2D eigenvalue weighted by atomic mass is 9.97. The molecule has 5 heteroatoms. The van der Waals surface area contributed by atoms with Crippen LogP contribution in [0.2, 0.25) is 0 Å². The summed E-state index contributed by atoms with van der Waals surface area (Å²) in [5, 5.41) is 2.95. The van der Waals surface area contributed by atoms with Crippen LogP contribution in [0, 0.1) is 19.8 Å². The summed E-state index contributed by atoms with van der Waals surface area (Å²) >= 11 is 0. The average Bonchev–Trinajstić information content (AvgIpc) is 2.42. The number of anilines is 1. The van der Waals surface area contributed by atoms with E-state index < -0.39 is 6.03 Å². The van der Waals surface area contributed by atoms with Crippen LogP contribution in [0.5, 0.6) is 0 Å². The minimum Gasteiger partial charge on any atom is -0.351 e. The van der Waals surface area contributed by atoms with Crippen molar-refractivity contribution < 1.29 is 9.59 Å². The van der Waals surface area contributed by atoms with E-state index >= 15 is 0 Å². The Morgan fingerprint density at radius 3 is 2.75 bits per heavy atom. The summed E-state index contributed by atoms with van der Waals surface area (Å²) in [6, 6.07) is 5.47. The molecule has 1 aliphatic rings. The van der Waals surface area contributed by atoms with Crippen LogP contribution in [0.15, 0.2) is 18.2 Å². The molecular formula is C15H21N3O2. The monoisotopic (exact) mass is 275 g/mol. The molecule has 0 bridgehead atoms. The minimum absolute atomic E-state index is 0.0390. The van der Waals surface area contributed by atoms with Gasteiger partial charge in [0, 0.05) is 18.8 Å². The number of likely N-dealkylation sites (tertiary alicyclic amines) is 1. The van der Waals surface area contributed by atoms with Crippen LogP contribution in [0.3, 0.4) is 0 Å². The highest BCUT2D eigenvalue weighted by molar-refractivity contribution is 5.93. The quantitative estimate of drug-likeness (QED) is 0.866. The number of carbonyl (C=O) groups excluding carboxylic acids is 2. The number of nitrogens with zero attached hydrogens (tertiary/aromatic N) is 1. The number of nitrogens with one attached hydrogen (secondary N) is 1. The fourth-order valence-corrected chi connectivity index (χ4v) is 2.58. The van der Waals surface area contributed by atoms with Gasteiger partial charge in [0.25, 0.3) is 0 Å². The SMILES string of the molecule is Cc1ccc(NC(=O)[C@H]2CCCN(C(N)=O)C2)c(C)c1. The van der Waals surface area contributed by atoms with Gasteiger partial charge in [-0.25, -0.2) is 4.79 Å². The number of aryl methyl sites for hydroxylation is 2. The van der Waals surface area contributed by atoms with Gasteiger partial charge >= 0.3 is 6.03 Å². The summed E-state index contributed by atoms with van der Waals surface area (Å²) in [7, 11) is 0. The van der Waals surface area contributed by atoms with Crippen molar-refractivity contribution in [3.63, 3.8) is 0 Å². The van der Waals surface area contributed by atoms with Gasteiger partial charge in [0.05, 0.1) is 5.92 Å². The van der Waals surface area contributed by atoms with E-state index in [1.807, 2.05) is 32.0 Å². The van der Waals surface area contributed by atoms with E-state index in [0.717, 1.165) is 29.7 Å². The second-order valence-electron chi connectivity index (χ2n) is 5.43. The first-order valence-electron chi connectivity index (χ1n) is 6.90. The average molecular weight is 275 g/mol. The molecule has 1 atom stereocenters. The zero-order chi connectivity index (χ0) is 14.7. The lowest BCUT2D eigenvalue weighted by Gasteiger charge is -2.30. The van der Waals surface area contributed by atoms with E-state index in [2.05, 4.69) is 5.32 Å². The van der Waals surface area contributed by atoms with Crippen LogP contribution in [0.25, 0.3) is 0 Å². The van der Waals surface area contributed by atoms with Crippen molar-refractivity contribution in [1.29, 1.82) is 0 Å². The van der Waals surface area contributed by atoms with Crippen LogP contribution in [-0.4, -0.2) is 29.9 Å².